The molecule has 2 heterocycles. The Morgan fingerprint density at radius 3 is 2.96 bits per heavy atom. The number of nitrogens with zero attached hydrogens (tertiary/aromatic N) is 2. The van der Waals surface area contributed by atoms with E-state index in [-0.39, 0.29) is 0 Å². The van der Waals surface area contributed by atoms with Crippen molar-refractivity contribution in [2.45, 2.75) is 45.1 Å². The molecule has 3 N–H and O–H groups in total. The van der Waals surface area contributed by atoms with E-state index in [0.29, 0.717) is 12.7 Å². The summed E-state index contributed by atoms with van der Waals surface area (Å²) in [5, 5.41) is 10.0. The number of aromatic nitrogens is 1. The largest absolute Gasteiger partial charge is 0.379 e. The highest BCUT2D eigenvalue weighted by atomic mass is 16.5. The lowest BCUT2D eigenvalue weighted by Crippen LogP contribution is -2.38. The number of anilines is 1. The predicted octanol–water partition coefficient (Wildman–Crippen LogP) is 2.41. The highest BCUT2D eigenvalue weighted by molar-refractivity contribution is 5.79. The van der Waals surface area contributed by atoms with Crippen molar-refractivity contribution in [3.63, 3.8) is 0 Å². The topological polar surface area (TPSA) is 79.8 Å². The fourth-order valence-corrected chi connectivity index (χ4v) is 2.83. The van der Waals surface area contributed by atoms with Crippen LogP contribution in [0.1, 0.15) is 39.0 Å². The van der Waals surface area contributed by atoms with Gasteiger partial charge in [0.25, 0.3) is 0 Å². The minimum absolute atomic E-state index is 0.305. The molecule has 0 amide bonds. The zero-order valence-electron chi connectivity index (χ0n) is 16.6. The molecular weight excluding hydrogens is 342 g/mol. The van der Waals surface area contributed by atoms with Crippen molar-refractivity contribution in [3.05, 3.63) is 24.4 Å². The van der Waals surface area contributed by atoms with Crippen LogP contribution < -0.4 is 16.0 Å². The molecule has 7 nitrogen and oxygen atoms in total. The minimum Gasteiger partial charge on any atom is -0.379 e. The molecule has 1 atom stereocenters. The van der Waals surface area contributed by atoms with Crippen LogP contribution in [0.3, 0.4) is 0 Å². The lowest BCUT2D eigenvalue weighted by atomic mass is 10.2. The van der Waals surface area contributed by atoms with Crippen LogP contribution in [0, 0.1) is 0 Å². The molecule has 1 aliphatic heterocycles. The van der Waals surface area contributed by atoms with Crippen molar-refractivity contribution >= 4 is 11.8 Å². The Kier molecular flexibility index (Phi) is 11.3. The second-order valence-corrected chi connectivity index (χ2v) is 6.60. The third kappa shape index (κ3) is 10.2. The molecule has 1 aliphatic rings. The maximum atomic E-state index is 5.67. The number of pyridine rings is 1. The van der Waals surface area contributed by atoms with Crippen LogP contribution in [0.25, 0.3) is 0 Å². The highest BCUT2D eigenvalue weighted by Gasteiger charge is 2.14. The van der Waals surface area contributed by atoms with Crippen molar-refractivity contribution in [1.82, 2.24) is 15.6 Å². The van der Waals surface area contributed by atoms with Gasteiger partial charge in [0.2, 0.25) is 0 Å². The molecule has 1 fully saturated rings. The van der Waals surface area contributed by atoms with Crippen molar-refractivity contribution in [3.8, 4) is 0 Å². The first-order chi connectivity index (χ1) is 13.4. The van der Waals surface area contributed by atoms with E-state index >= 15 is 0 Å². The first kappa shape index (κ1) is 21.4. The molecule has 1 aromatic rings. The number of hydrogen-bond donors (Lipinski definition) is 3. The van der Waals surface area contributed by atoms with Gasteiger partial charge in [-0.3, -0.25) is 4.99 Å². The fraction of sp³-hybridized carbons (Fsp3) is 0.700. The highest BCUT2D eigenvalue weighted by Crippen LogP contribution is 2.11. The summed E-state index contributed by atoms with van der Waals surface area (Å²) in [5.74, 6) is 1.82. The van der Waals surface area contributed by atoms with Gasteiger partial charge < -0.3 is 25.4 Å². The molecule has 0 saturated carbocycles. The van der Waals surface area contributed by atoms with Gasteiger partial charge in [-0.15, -0.1) is 0 Å². The quantitative estimate of drug-likeness (QED) is 0.278. The van der Waals surface area contributed by atoms with Gasteiger partial charge in [0, 0.05) is 45.6 Å². The van der Waals surface area contributed by atoms with Crippen molar-refractivity contribution in [1.29, 1.82) is 0 Å². The van der Waals surface area contributed by atoms with E-state index in [1.54, 1.807) is 6.20 Å². The summed E-state index contributed by atoms with van der Waals surface area (Å²) in [5.41, 5.74) is 0. The van der Waals surface area contributed by atoms with Gasteiger partial charge in [-0.1, -0.05) is 6.07 Å². The van der Waals surface area contributed by atoms with E-state index in [2.05, 4.69) is 32.9 Å². The summed E-state index contributed by atoms with van der Waals surface area (Å²) in [6, 6.07) is 5.90. The molecule has 7 heteroatoms. The Morgan fingerprint density at radius 2 is 2.19 bits per heavy atom. The first-order valence-electron chi connectivity index (χ1n) is 10.2. The molecule has 1 unspecified atom stereocenters. The average molecular weight is 378 g/mol. The van der Waals surface area contributed by atoms with Gasteiger partial charge in [-0.25, -0.2) is 4.98 Å². The van der Waals surface area contributed by atoms with Gasteiger partial charge in [0.05, 0.1) is 12.7 Å². The smallest absolute Gasteiger partial charge is 0.191 e. The van der Waals surface area contributed by atoms with E-state index in [0.717, 1.165) is 83.3 Å². The predicted molar refractivity (Wildman–Crippen MR) is 110 cm³/mol. The standard InChI is InChI=1S/C20H35N5O2/c1-2-21-20(25-14-8-15-26-17-18-9-7-16-27-18)24-13-6-5-12-23-19-10-3-4-11-22-19/h3-4,10-11,18H,2,5-9,12-17H2,1H3,(H,22,23)(H2,21,24,25). The summed E-state index contributed by atoms with van der Waals surface area (Å²) >= 11 is 0. The summed E-state index contributed by atoms with van der Waals surface area (Å²) in [6.07, 6.45) is 7.49. The van der Waals surface area contributed by atoms with Crippen molar-refractivity contribution < 1.29 is 9.47 Å². The summed E-state index contributed by atoms with van der Waals surface area (Å²) in [7, 11) is 0. The number of guanidine groups is 1. The van der Waals surface area contributed by atoms with E-state index < -0.39 is 0 Å². The molecule has 27 heavy (non-hydrogen) atoms. The Balaban J connectivity index is 1.48. The Morgan fingerprint density at radius 1 is 1.26 bits per heavy atom. The van der Waals surface area contributed by atoms with Crippen LogP contribution in [0.2, 0.25) is 0 Å². The molecule has 0 spiro atoms. The number of unbranched alkanes of at least 4 members (excludes halogenated alkanes) is 1. The molecule has 0 aromatic carbocycles. The second-order valence-electron chi connectivity index (χ2n) is 6.60. The molecule has 1 aromatic heterocycles. The normalized spacial score (nSPS) is 17.1. The first-order valence-corrected chi connectivity index (χ1v) is 10.2. The molecule has 1 saturated heterocycles. The summed E-state index contributed by atoms with van der Waals surface area (Å²) in [4.78, 5) is 8.86. The molecular formula is C20H35N5O2. The lowest BCUT2D eigenvalue weighted by molar-refractivity contribution is 0.0171. The van der Waals surface area contributed by atoms with Crippen LogP contribution in [0.15, 0.2) is 29.4 Å². The lowest BCUT2D eigenvalue weighted by Gasteiger charge is -2.12. The van der Waals surface area contributed by atoms with E-state index in [4.69, 9.17) is 9.47 Å². The third-order valence-electron chi connectivity index (χ3n) is 4.26. The SMILES string of the molecule is CCNC(=NCCCOCC1CCCO1)NCCCCNc1ccccn1. The zero-order valence-corrected chi connectivity index (χ0v) is 16.6. The number of nitrogens with one attached hydrogen (secondary N) is 3. The number of aliphatic imine (C=N–C) groups is 1. The van der Waals surface area contributed by atoms with Gasteiger partial charge in [0.1, 0.15) is 5.82 Å². The van der Waals surface area contributed by atoms with Crippen LogP contribution in [0.4, 0.5) is 5.82 Å². The Bertz CT molecular complexity index is 506. The van der Waals surface area contributed by atoms with Gasteiger partial charge in [-0.05, 0) is 51.2 Å². The van der Waals surface area contributed by atoms with Crippen molar-refractivity contribution in [2.75, 3.05) is 51.3 Å². The van der Waals surface area contributed by atoms with Gasteiger partial charge >= 0.3 is 0 Å². The second kappa shape index (κ2) is 14.2. The number of ether oxygens (including phenoxy) is 2. The van der Waals surface area contributed by atoms with E-state index in [1.807, 2.05) is 18.2 Å². The molecule has 2 rings (SSSR count). The average Bonchev–Trinajstić information content (AvgIpc) is 3.21. The maximum Gasteiger partial charge on any atom is 0.191 e. The monoisotopic (exact) mass is 377 g/mol. The minimum atomic E-state index is 0.305. The maximum absolute atomic E-state index is 5.67. The van der Waals surface area contributed by atoms with E-state index in [1.165, 1.54) is 0 Å². The number of rotatable bonds is 13. The van der Waals surface area contributed by atoms with Crippen LogP contribution in [-0.4, -0.2) is 63.0 Å². The fourth-order valence-electron chi connectivity index (χ4n) is 2.83. The molecule has 0 aliphatic carbocycles. The third-order valence-corrected chi connectivity index (χ3v) is 4.26. The van der Waals surface area contributed by atoms with Crippen LogP contribution in [0.5, 0.6) is 0 Å². The van der Waals surface area contributed by atoms with Crippen molar-refractivity contribution in [2.24, 2.45) is 4.99 Å². The summed E-state index contributed by atoms with van der Waals surface area (Å²) < 4.78 is 11.2. The Labute approximate surface area is 163 Å². The van der Waals surface area contributed by atoms with Crippen LogP contribution in [-0.2, 0) is 9.47 Å². The number of hydrogen-bond acceptors (Lipinski definition) is 5. The van der Waals surface area contributed by atoms with Gasteiger partial charge in [0.15, 0.2) is 5.96 Å². The zero-order chi connectivity index (χ0) is 19.0. The molecule has 0 bridgehead atoms. The summed E-state index contributed by atoms with van der Waals surface area (Å²) in [6.45, 7) is 7.88. The van der Waals surface area contributed by atoms with Crippen LogP contribution >= 0.6 is 0 Å². The molecule has 152 valence electrons. The van der Waals surface area contributed by atoms with E-state index in [9.17, 15) is 0 Å². The molecule has 0 radical (unpaired) electrons. The Hall–Kier alpha value is -1.86. The van der Waals surface area contributed by atoms with Gasteiger partial charge in [-0.2, -0.15) is 0 Å².